The molecule has 9 heteroatoms. The Kier molecular flexibility index (Phi) is 10.9. The molecular formula is C28H42N4O5. The predicted molar refractivity (Wildman–Crippen MR) is 140 cm³/mol. The molecule has 1 heterocycles. The van der Waals surface area contributed by atoms with E-state index in [0.717, 1.165) is 37.7 Å². The van der Waals surface area contributed by atoms with Crippen LogP contribution in [-0.2, 0) is 25.6 Å². The van der Waals surface area contributed by atoms with Crippen LogP contribution >= 0.6 is 0 Å². The third kappa shape index (κ3) is 9.14. The van der Waals surface area contributed by atoms with Gasteiger partial charge in [-0.15, -0.1) is 0 Å². The molecular weight excluding hydrogens is 472 g/mol. The highest BCUT2D eigenvalue weighted by Gasteiger charge is 2.34. The van der Waals surface area contributed by atoms with Gasteiger partial charge in [-0.05, 0) is 50.0 Å². The largest absolute Gasteiger partial charge is 0.481 e. The Hall–Kier alpha value is -2.94. The molecule has 0 radical (unpaired) electrons. The fraction of sp³-hybridized carbons (Fsp3) is 0.643. The quantitative estimate of drug-likeness (QED) is 0.300. The smallest absolute Gasteiger partial charge is 0.306 e. The van der Waals surface area contributed by atoms with Crippen LogP contribution in [0.5, 0.6) is 0 Å². The number of piperidine rings is 1. The lowest BCUT2D eigenvalue weighted by atomic mass is 9.96. The molecule has 1 aliphatic heterocycles. The van der Waals surface area contributed by atoms with Crippen molar-refractivity contribution in [3.8, 4) is 0 Å². The average Bonchev–Trinajstić information content (AvgIpc) is 3.73. The maximum absolute atomic E-state index is 13.4. The highest BCUT2D eigenvalue weighted by atomic mass is 16.4. The van der Waals surface area contributed by atoms with Crippen LogP contribution in [0.4, 0.5) is 0 Å². The van der Waals surface area contributed by atoms with Crippen molar-refractivity contribution < 1.29 is 24.3 Å². The molecule has 1 aliphatic carbocycles. The van der Waals surface area contributed by atoms with Gasteiger partial charge in [0.1, 0.15) is 12.1 Å². The number of hydrogen-bond acceptors (Lipinski definition) is 5. The summed E-state index contributed by atoms with van der Waals surface area (Å²) in [5.41, 5.74) is 7.11. The second-order valence-corrected chi connectivity index (χ2v) is 10.5. The van der Waals surface area contributed by atoms with Gasteiger partial charge in [0.2, 0.25) is 17.7 Å². The maximum atomic E-state index is 13.4. The number of carbonyl (C=O) groups is 4. The lowest BCUT2D eigenvalue weighted by Gasteiger charge is -2.33. The standard InChI is InChI=1S/C28H42N4O5/c1-2-3-9-24(27(35)32-16-14-21(15-17-32)28(36)37)31-26(34)23(13-12-19-10-11-19)30-25(33)22(29)18-20-7-5-4-6-8-20/h4-8,19,21-24H,2-3,9-18,29H2,1H3,(H,30,33)(H,31,34)(H,36,37)/t22-,23-,24?/m1/s1. The van der Waals surface area contributed by atoms with Crippen LogP contribution < -0.4 is 16.4 Å². The first kappa shape index (κ1) is 28.6. The van der Waals surface area contributed by atoms with Crippen molar-refractivity contribution in [1.29, 1.82) is 0 Å². The Labute approximate surface area is 219 Å². The SMILES string of the molecule is CCCCC(NC(=O)[C@@H](CCC1CC1)NC(=O)[C@H](N)Cc1ccccc1)C(=O)N1CCC(C(=O)O)CC1. The van der Waals surface area contributed by atoms with E-state index in [1.807, 2.05) is 37.3 Å². The number of carboxylic acid groups (broad SMARTS) is 1. The summed E-state index contributed by atoms with van der Waals surface area (Å²) in [6.07, 6.45) is 6.94. The Morgan fingerprint density at radius 1 is 0.973 bits per heavy atom. The van der Waals surface area contributed by atoms with Gasteiger partial charge in [0, 0.05) is 13.1 Å². The molecule has 2 aliphatic rings. The zero-order valence-electron chi connectivity index (χ0n) is 21.9. The summed E-state index contributed by atoms with van der Waals surface area (Å²) in [4.78, 5) is 52.5. The fourth-order valence-corrected chi connectivity index (χ4v) is 4.82. The van der Waals surface area contributed by atoms with E-state index in [9.17, 15) is 24.3 Å². The van der Waals surface area contributed by atoms with Crippen molar-refractivity contribution in [2.75, 3.05) is 13.1 Å². The van der Waals surface area contributed by atoms with Crippen molar-refractivity contribution in [2.45, 2.75) is 89.3 Å². The van der Waals surface area contributed by atoms with E-state index in [2.05, 4.69) is 10.6 Å². The van der Waals surface area contributed by atoms with Gasteiger partial charge in [0.15, 0.2) is 0 Å². The molecule has 37 heavy (non-hydrogen) atoms. The average molecular weight is 515 g/mol. The summed E-state index contributed by atoms with van der Waals surface area (Å²) < 4.78 is 0. The number of rotatable bonds is 14. The molecule has 1 saturated carbocycles. The molecule has 0 aromatic heterocycles. The first-order chi connectivity index (χ1) is 17.8. The van der Waals surface area contributed by atoms with Crippen LogP contribution in [-0.4, -0.2) is 64.9 Å². The van der Waals surface area contributed by atoms with Gasteiger partial charge in [0.25, 0.3) is 0 Å². The number of hydrogen-bond donors (Lipinski definition) is 4. The Morgan fingerprint density at radius 3 is 2.22 bits per heavy atom. The molecule has 0 spiro atoms. The van der Waals surface area contributed by atoms with E-state index in [0.29, 0.717) is 51.1 Å². The van der Waals surface area contributed by atoms with E-state index >= 15 is 0 Å². The third-order valence-corrected chi connectivity index (χ3v) is 7.45. The van der Waals surface area contributed by atoms with Crippen LogP contribution in [0.15, 0.2) is 30.3 Å². The van der Waals surface area contributed by atoms with E-state index in [1.165, 1.54) is 0 Å². The topological polar surface area (TPSA) is 142 Å². The molecule has 3 rings (SSSR count). The highest BCUT2D eigenvalue weighted by molar-refractivity contribution is 5.93. The number of nitrogens with two attached hydrogens (primary N) is 1. The molecule has 1 aromatic carbocycles. The summed E-state index contributed by atoms with van der Waals surface area (Å²) in [5, 5.41) is 15.0. The van der Waals surface area contributed by atoms with Crippen LogP contribution in [0, 0.1) is 11.8 Å². The Morgan fingerprint density at radius 2 is 1.62 bits per heavy atom. The zero-order valence-corrected chi connectivity index (χ0v) is 21.9. The second kappa shape index (κ2) is 14.1. The first-order valence-electron chi connectivity index (χ1n) is 13.7. The highest BCUT2D eigenvalue weighted by Crippen LogP contribution is 2.34. The number of carbonyl (C=O) groups excluding carboxylic acids is 3. The van der Waals surface area contributed by atoms with Crippen molar-refractivity contribution >= 4 is 23.7 Å². The number of nitrogens with zero attached hydrogens (tertiary/aromatic N) is 1. The Bertz CT molecular complexity index is 912. The fourth-order valence-electron chi connectivity index (χ4n) is 4.82. The number of unbranched alkanes of at least 4 members (excludes halogenated alkanes) is 1. The summed E-state index contributed by atoms with van der Waals surface area (Å²) in [6.45, 7) is 2.75. The monoisotopic (exact) mass is 514 g/mol. The minimum atomic E-state index is -0.831. The molecule has 3 atom stereocenters. The van der Waals surface area contributed by atoms with E-state index < -0.39 is 30.0 Å². The zero-order chi connectivity index (χ0) is 26.8. The molecule has 204 valence electrons. The molecule has 1 unspecified atom stereocenters. The van der Waals surface area contributed by atoms with Crippen molar-refractivity contribution in [2.24, 2.45) is 17.6 Å². The lowest BCUT2D eigenvalue weighted by Crippen LogP contribution is -2.57. The summed E-state index contributed by atoms with van der Waals surface area (Å²) in [5.74, 6) is -1.61. The summed E-state index contributed by atoms with van der Waals surface area (Å²) in [6, 6.07) is 7.26. The number of carboxylic acids is 1. The van der Waals surface area contributed by atoms with Crippen LogP contribution in [0.25, 0.3) is 0 Å². The third-order valence-electron chi connectivity index (χ3n) is 7.45. The maximum Gasteiger partial charge on any atom is 0.306 e. The Balaban J connectivity index is 1.62. The van der Waals surface area contributed by atoms with Crippen LogP contribution in [0.1, 0.15) is 70.3 Å². The van der Waals surface area contributed by atoms with Gasteiger partial charge in [-0.3, -0.25) is 19.2 Å². The van der Waals surface area contributed by atoms with Crippen molar-refractivity contribution in [3.05, 3.63) is 35.9 Å². The van der Waals surface area contributed by atoms with E-state index in [4.69, 9.17) is 5.73 Å². The molecule has 1 aromatic rings. The molecule has 3 amide bonds. The van der Waals surface area contributed by atoms with Gasteiger partial charge in [-0.2, -0.15) is 0 Å². The molecule has 1 saturated heterocycles. The normalized spacial score (nSPS) is 18.5. The number of aliphatic carboxylic acids is 1. The molecule has 0 bridgehead atoms. The molecule has 2 fully saturated rings. The van der Waals surface area contributed by atoms with Gasteiger partial charge >= 0.3 is 5.97 Å². The van der Waals surface area contributed by atoms with E-state index in [1.54, 1.807) is 4.90 Å². The summed E-state index contributed by atoms with van der Waals surface area (Å²) in [7, 11) is 0. The number of benzene rings is 1. The van der Waals surface area contributed by atoms with Crippen molar-refractivity contribution in [3.63, 3.8) is 0 Å². The van der Waals surface area contributed by atoms with Gasteiger partial charge < -0.3 is 26.4 Å². The van der Waals surface area contributed by atoms with Gasteiger partial charge in [-0.25, -0.2) is 0 Å². The van der Waals surface area contributed by atoms with Crippen LogP contribution in [0.2, 0.25) is 0 Å². The van der Waals surface area contributed by atoms with E-state index in [-0.39, 0.29) is 17.7 Å². The van der Waals surface area contributed by atoms with Crippen LogP contribution in [0.3, 0.4) is 0 Å². The first-order valence-corrected chi connectivity index (χ1v) is 13.7. The summed E-state index contributed by atoms with van der Waals surface area (Å²) >= 11 is 0. The number of likely N-dealkylation sites (tertiary alicyclic amines) is 1. The number of amides is 3. The molecule has 5 N–H and O–H groups in total. The van der Waals surface area contributed by atoms with Gasteiger partial charge in [-0.1, -0.05) is 62.9 Å². The van der Waals surface area contributed by atoms with Crippen molar-refractivity contribution in [1.82, 2.24) is 15.5 Å². The van der Waals surface area contributed by atoms with Gasteiger partial charge in [0.05, 0.1) is 12.0 Å². The predicted octanol–water partition coefficient (Wildman–Crippen LogP) is 2.23. The molecule has 9 nitrogen and oxygen atoms in total. The second-order valence-electron chi connectivity index (χ2n) is 10.5. The lowest BCUT2D eigenvalue weighted by molar-refractivity contribution is -0.146. The minimum absolute atomic E-state index is 0.182. The minimum Gasteiger partial charge on any atom is -0.481 e. The number of nitrogens with one attached hydrogen (secondary N) is 2.